The van der Waals surface area contributed by atoms with Crippen LogP contribution in [0.1, 0.15) is 72.6 Å². The first-order valence-electron chi connectivity index (χ1n) is 15.0. The summed E-state index contributed by atoms with van der Waals surface area (Å²) in [5, 5.41) is 39.1. The predicted molar refractivity (Wildman–Crippen MR) is 158 cm³/mol. The number of carbonyl (C=O) groups is 1. The van der Waals surface area contributed by atoms with E-state index in [2.05, 4.69) is 30.5 Å². The summed E-state index contributed by atoms with van der Waals surface area (Å²) in [7, 11) is 0. The Morgan fingerprint density at radius 3 is 2.47 bits per heavy atom. The first kappa shape index (κ1) is 30.6. The molecule has 4 aliphatic rings. The molecule has 5 rings (SSSR count). The lowest BCUT2D eigenvalue weighted by atomic mass is 9.47. The Kier molecular flexibility index (Phi) is 8.03. The quantitative estimate of drug-likeness (QED) is 0.118. The average Bonchev–Trinajstić information content (AvgIpc) is 3.22. The third kappa shape index (κ3) is 5.49. The van der Waals surface area contributed by atoms with Crippen LogP contribution >= 0.6 is 0 Å². The van der Waals surface area contributed by atoms with Gasteiger partial charge in [-0.15, -0.1) is 0 Å². The van der Waals surface area contributed by atoms with Gasteiger partial charge in [-0.2, -0.15) is 5.10 Å². The predicted octanol–water partition coefficient (Wildman–Crippen LogP) is 6.30. The maximum absolute atomic E-state index is 11.8. The summed E-state index contributed by atoms with van der Waals surface area (Å²) in [6.45, 7) is 7.66. The molecule has 3 fully saturated rings. The van der Waals surface area contributed by atoms with Crippen molar-refractivity contribution in [1.82, 2.24) is 0 Å². The SMILES string of the molecule is CC(=O)O[C@H]1CC[C@@]2(C)C(=CC[C@@H]3[C@H]4C[C@H](C[N+](=O)[O-])[C@@H](C(C)=NNc5ccc([N+](=O)[O-])cc5[N+](=O)[O-])[C@@]4(C)CC[C@H]32)C1. The number of hydrogen-bond donors (Lipinski definition) is 1. The zero-order valence-electron chi connectivity index (χ0n) is 25.0. The van der Waals surface area contributed by atoms with E-state index in [1.54, 1.807) is 0 Å². The monoisotopic (exact) mass is 597 g/mol. The Bertz CT molecular complexity index is 1410. The van der Waals surface area contributed by atoms with Crippen LogP contribution in [0.25, 0.3) is 0 Å². The van der Waals surface area contributed by atoms with Crippen LogP contribution in [-0.2, 0) is 9.53 Å². The molecule has 3 saturated carbocycles. The zero-order valence-corrected chi connectivity index (χ0v) is 25.0. The molecule has 13 heteroatoms. The van der Waals surface area contributed by atoms with Crippen molar-refractivity contribution in [3.05, 3.63) is 60.2 Å². The Morgan fingerprint density at radius 2 is 1.81 bits per heavy atom. The largest absolute Gasteiger partial charge is 0.462 e. The van der Waals surface area contributed by atoms with E-state index in [-0.39, 0.29) is 57.8 Å². The van der Waals surface area contributed by atoms with E-state index in [1.165, 1.54) is 24.6 Å². The number of benzene rings is 1. The minimum absolute atomic E-state index is 0.0110. The molecule has 43 heavy (non-hydrogen) atoms. The molecule has 0 bridgehead atoms. The highest BCUT2D eigenvalue weighted by Crippen LogP contribution is 2.67. The molecule has 0 radical (unpaired) electrons. The number of allylic oxidation sites excluding steroid dienone is 1. The van der Waals surface area contributed by atoms with Crippen molar-refractivity contribution in [3.8, 4) is 0 Å². The topological polar surface area (TPSA) is 180 Å². The smallest absolute Gasteiger partial charge is 0.302 e. The Morgan fingerprint density at radius 1 is 1.07 bits per heavy atom. The van der Waals surface area contributed by atoms with E-state index in [1.807, 2.05) is 6.92 Å². The molecule has 1 aromatic carbocycles. The van der Waals surface area contributed by atoms with Gasteiger partial charge in [0.1, 0.15) is 11.8 Å². The van der Waals surface area contributed by atoms with Crippen molar-refractivity contribution in [2.24, 2.45) is 45.5 Å². The van der Waals surface area contributed by atoms with Crippen LogP contribution in [0.4, 0.5) is 17.1 Å². The van der Waals surface area contributed by atoms with E-state index in [9.17, 15) is 35.1 Å². The van der Waals surface area contributed by atoms with Gasteiger partial charge in [-0.3, -0.25) is 40.6 Å². The van der Waals surface area contributed by atoms with Crippen LogP contribution in [0.15, 0.2) is 34.9 Å². The lowest BCUT2D eigenvalue weighted by Gasteiger charge is -2.58. The second-order valence-electron chi connectivity index (χ2n) is 13.3. The van der Waals surface area contributed by atoms with Crippen LogP contribution in [-0.4, -0.2) is 39.1 Å². The molecule has 1 aromatic rings. The van der Waals surface area contributed by atoms with Crippen molar-refractivity contribution in [3.63, 3.8) is 0 Å². The van der Waals surface area contributed by atoms with Gasteiger partial charge in [0, 0.05) is 41.9 Å². The highest BCUT2D eigenvalue weighted by Gasteiger charge is 2.62. The normalized spacial score (nSPS) is 35.1. The fraction of sp³-hybridized carbons (Fsp3) is 0.667. The van der Waals surface area contributed by atoms with E-state index in [0.717, 1.165) is 44.6 Å². The van der Waals surface area contributed by atoms with E-state index in [0.29, 0.717) is 24.0 Å². The second-order valence-corrected chi connectivity index (χ2v) is 13.3. The highest BCUT2D eigenvalue weighted by atomic mass is 16.6. The first-order chi connectivity index (χ1) is 20.2. The van der Waals surface area contributed by atoms with Crippen LogP contribution in [0.2, 0.25) is 0 Å². The number of ether oxygens (including phenoxy) is 1. The number of hydrazone groups is 1. The third-order valence-corrected chi connectivity index (χ3v) is 11.1. The summed E-state index contributed by atoms with van der Waals surface area (Å²) in [5.74, 6) is 0.372. The lowest BCUT2D eigenvalue weighted by Crippen LogP contribution is -2.51. The van der Waals surface area contributed by atoms with Gasteiger partial charge in [-0.25, -0.2) is 0 Å². The number of carbonyl (C=O) groups excluding carboxylic acids is 1. The fourth-order valence-corrected chi connectivity index (χ4v) is 9.43. The summed E-state index contributed by atoms with van der Waals surface area (Å²) in [6.07, 6.45) is 8.28. The molecule has 8 atom stereocenters. The van der Waals surface area contributed by atoms with E-state index >= 15 is 0 Å². The average molecular weight is 598 g/mol. The maximum atomic E-state index is 11.8. The van der Waals surface area contributed by atoms with Gasteiger partial charge in [-0.05, 0) is 80.1 Å². The molecule has 4 aliphatic carbocycles. The standard InChI is InChI=1S/C30H39N5O8/c1-17(31-32-26-8-6-21(34(39)40)15-27(26)35(41)42)28-19(16-33(37)38)13-25-23-7-5-20-14-22(43-18(2)36)9-11-29(20,3)24(23)10-12-30(25,28)4/h5-6,8,15,19,22-25,28,32H,7,9-14,16H2,1-4H3/t19-,22+,23+,24-,25-,28-,29+,30+/m1/s1. The number of fused-ring (bicyclic) bond motifs is 5. The maximum Gasteiger partial charge on any atom is 0.302 e. The van der Waals surface area contributed by atoms with Crippen molar-refractivity contribution in [1.29, 1.82) is 0 Å². The molecule has 0 aromatic heterocycles. The summed E-state index contributed by atoms with van der Waals surface area (Å²) < 4.78 is 5.56. The third-order valence-electron chi connectivity index (χ3n) is 11.1. The van der Waals surface area contributed by atoms with Crippen LogP contribution in [0.3, 0.4) is 0 Å². The molecule has 0 saturated heterocycles. The fourth-order valence-electron chi connectivity index (χ4n) is 9.43. The van der Waals surface area contributed by atoms with Crippen molar-refractivity contribution >= 4 is 28.7 Å². The van der Waals surface area contributed by atoms with Gasteiger partial charge in [0.25, 0.3) is 5.69 Å². The Hall–Kier alpha value is -3.90. The van der Waals surface area contributed by atoms with Crippen molar-refractivity contribution in [2.45, 2.75) is 78.7 Å². The molecule has 232 valence electrons. The van der Waals surface area contributed by atoms with E-state index in [4.69, 9.17) is 4.74 Å². The number of non-ortho nitro benzene ring substituents is 1. The summed E-state index contributed by atoms with van der Waals surface area (Å²) in [4.78, 5) is 44.5. The molecule has 1 N–H and O–H groups in total. The van der Waals surface area contributed by atoms with Crippen molar-refractivity contribution < 1.29 is 24.3 Å². The number of anilines is 1. The minimum atomic E-state index is -0.699. The molecule has 13 nitrogen and oxygen atoms in total. The Balaban J connectivity index is 1.43. The zero-order chi connectivity index (χ0) is 31.3. The van der Waals surface area contributed by atoms with Gasteiger partial charge >= 0.3 is 11.7 Å². The second kappa shape index (κ2) is 11.3. The molecule has 0 amide bonds. The summed E-state index contributed by atoms with van der Waals surface area (Å²) in [5.41, 5.74) is 3.69. The number of nitrogens with zero attached hydrogens (tertiary/aromatic N) is 4. The lowest BCUT2D eigenvalue weighted by molar-refractivity contribution is -0.489. The number of nitro benzene ring substituents is 2. The summed E-state index contributed by atoms with van der Waals surface area (Å²) in [6, 6.07) is 3.33. The molecule has 0 aliphatic heterocycles. The number of rotatable bonds is 8. The Labute approximate surface area is 249 Å². The van der Waals surface area contributed by atoms with Gasteiger partial charge in [0.2, 0.25) is 6.54 Å². The molecular formula is C30H39N5O8. The van der Waals surface area contributed by atoms with Crippen LogP contribution < -0.4 is 5.43 Å². The van der Waals surface area contributed by atoms with Gasteiger partial charge in [0.05, 0.1) is 15.9 Å². The molecule has 0 unspecified atom stereocenters. The van der Waals surface area contributed by atoms with E-state index < -0.39 is 21.2 Å². The molecular weight excluding hydrogens is 558 g/mol. The van der Waals surface area contributed by atoms with Crippen LogP contribution in [0, 0.1) is 70.8 Å². The summed E-state index contributed by atoms with van der Waals surface area (Å²) >= 11 is 0. The number of nitrogens with one attached hydrogen (secondary N) is 1. The number of esters is 1. The first-order valence-corrected chi connectivity index (χ1v) is 15.0. The van der Waals surface area contributed by atoms with Gasteiger partial charge < -0.3 is 4.74 Å². The minimum Gasteiger partial charge on any atom is -0.462 e. The van der Waals surface area contributed by atoms with Crippen molar-refractivity contribution in [2.75, 3.05) is 12.0 Å². The molecule has 0 heterocycles. The van der Waals surface area contributed by atoms with Gasteiger partial charge in [-0.1, -0.05) is 25.5 Å². The number of hydrogen-bond acceptors (Lipinski definition) is 10. The van der Waals surface area contributed by atoms with Crippen LogP contribution in [0.5, 0.6) is 0 Å². The molecule has 0 spiro atoms. The number of nitro groups is 3. The van der Waals surface area contributed by atoms with Gasteiger partial charge in [0.15, 0.2) is 0 Å². The highest BCUT2D eigenvalue weighted by molar-refractivity contribution is 5.87.